The highest BCUT2D eigenvalue weighted by Gasteiger charge is 2.31. The van der Waals surface area contributed by atoms with Gasteiger partial charge >= 0.3 is 0 Å². The van der Waals surface area contributed by atoms with E-state index >= 15 is 0 Å². The lowest BCUT2D eigenvalue weighted by atomic mass is 9.99. The van der Waals surface area contributed by atoms with Crippen LogP contribution in [0.5, 0.6) is 0 Å². The summed E-state index contributed by atoms with van der Waals surface area (Å²) in [6, 6.07) is 0. The summed E-state index contributed by atoms with van der Waals surface area (Å²) in [5, 5.41) is 3.23. The fourth-order valence-corrected chi connectivity index (χ4v) is 2.26. The first kappa shape index (κ1) is 10.6. The van der Waals surface area contributed by atoms with Crippen LogP contribution in [0.25, 0.3) is 0 Å². The van der Waals surface area contributed by atoms with Gasteiger partial charge in [-0.05, 0) is 20.4 Å². The van der Waals surface area contributed by atoms with Crippen molar-refractivity contribution in [2.75, 3.05) is 20.2 Å². The summed E-state index contributed by atoms with van der Waals surface area (Å²) in [6.45, 7) is 4.97. The molecule has 0 aliphatic carbocycles. The Hall–Kier alpha value is -0.870. The third-order valence-electron chi connectivity index (χ3n) is 3.06. The topological polar surface area (TPSA) is 39.1 Å². The van der Waals surface area contributed by atoms with Gasteiger partial charge in [-0.1, -0.05) is 0 Å². The van der Waals surface area contributed by atoms with Crippen LogP contribution in [-0.2, 0) is 11.3 Å². The van der Waals surface area contributed by atoms with E-state index in [1.54, 1.807) is 0 Å². The van der Waals surface area contributed by atoms with Crippen molar-refractivity contribution in [1.29, 1.82) is 0 Å². The van der Waals surface area contributed by atoms with Crippen LogP contribution in [0.1, 0.15) is 25.1 Å². The van der Waals surface area contributed by atoms with Crippen LogP contribution in [-0.4, -0.2) is 29.8 Å². The fourth-order valence-electron chi connectivity index (χ4n) is 2.26. The maximum absolute atomic E-state index is 5.80. The first-order valence-corrected chi connectivity index (χ1v) is 5.63. The van der Waals surface area contributed by atoms with Crippen molar-refractivity contribution in [2.24, 2.45) is 5.92 Å². The molecule has 1 aromatic heterocycles. The number of rotatable bonds is 4. The van der Waals surface area contributed by atoms with Gasteiger partial charge in [0.25, 0.3) is 0 Å². The van der Waals surface area contributed by atoms with Crippen LogP contribution in [0.15, 0.2) is 12.5 Å². The van der Waals surface area contributed by atoms with Crippen molar-refractivity contribution < 1.29 is 4.74 Å². The highest BCUT2D eigenvalue weighted by atomic mass is 16.5. The van der Waals surface area contributed by atoms with E-state index in [9.17, 15) is 0 Å². The van der Waals surface area contributed by atoms with Crippen LogP contribution in [0, 0.1) is 5.92 Å². The number of nitrogens with one attached hydrogen (secondary N) is 1. The monoisotopic (exact) mass is 209 g/mol. The Balaban J connectivity index is 2.15. The molecule has 4 nitrogen and oxygen atoms in total. The Morgan fingerprint density at radius 1 is 1.67 bits per heavy atom. The van der Waals surface area contributed by atoms with E-state index in [0.29, 0.717) is 5.92 Å². The van der Waals surface area contributed by atoms with Crippen LogP contribution < -0.4 is 5.32 Å². The molecule has 1 aromatic rings. The third kappa shape index (κ3) is 2.06. The van der Waals surface area contributed by atoms with Crippen LogP contribution in [0.2, 0.25) is 0 Å². The molecule has 2 rings (SSSR count). The molecular weight excluding hydrogens is 190 g/mol. The number of ether oxygens (including phenoxy) is 1. The first-order chi connectivity index (χ1) is 7.36. The molecule has 0 aromatic carbocycles. The second-order valence-electron chi connectivity index (χ2n) is 4.00. The molecule has 2 unspecified atom stereocenters. The first-order valence-electron chi connectivity index (χ1n) is 5.63. The molecule has 2 heterocycles. The highest BCUT2D eigenvalue weighted by Crippen LogP contribution is 2.33. The second kappa shape index (κ2) is 4.77. The average molecular weight is 209 g/mol. The van der Waals surface area contributed by atoms with Gasteiger partial charge in [-0.15, -0.1) is 0 Å². The highest BCUT2D eigenvalue weighted by molar-refractivity contribution is 5.06. The van der Waals surface area contributed by atoms with E-state index in [4.69, 9.17) is 4.74 Å². The number of hydrogen-bond donors (Lipinski definition) is 1. The Labute approximate surface area is 90.6 Å². The SMILES string of the molecule is CCn1cncc1C1OCCC1CNC. The van der Waals surface area contributed by atoms with E-state index in [1.807, 2.05) is 19.6 Å². The largest absolute Gasteiger partial charge is 0.372 e. The molecule has 1 fully saturated rings. The predicted octanol–water partition coefficient (Wildman–Crippen LogP) is 1.20. The quantitative estimate of drug-likeness (QED) is 0.810. The lowest BCUT2D eigenvalue weighted by Gasteiger charge is -2.19. The molecule has 15 heavy (non-hydrogen) atoms. The minimum Gasteiger partial charge on any atom is -0.372 e. The zero-order chi connectivity index (χ0) is 10.7. The summed E-state index contributed by atoms with van der Waals surface area (Å²) in [5.74, 6) is 0.581. The molecule has 4 heteroatoms. The summed E-state index contributed by atoms with van der Waals surface area (Å²) in [5.41, 5.74) is 1.22. The molecule has 0 spiro atoms. The molecule has 0 bridgehead atoms. The normalized spacial score (nSPS) is 26.0. The minimum atomic E-state index is 0.222. The Morgan fingerprint density at radius 2 is 2.53 bits per heavy atom. The maximum Gasteiger partial charge on any atom is 0.103 e. The molecule has 1 saturated heterocycles. The Morgan fingerprint density at radius 3 is 3.27 bits per heavy atom. The Bertz CT molecular complexity index is 311. The van der Waals surface area contributed by atoms with Gasteiger partial charge in [-0.25, -0.2) is 4.98 Å². The lowest BCUT2D eigenvalue weighted by Crippen LogP contribution is -2.22. The molecule has 1 aliphatic heterocycles. The summed E-state index contributed by atoms with van der Waals surface area (Å²) < 4.78 is 7.97. The van der Waals surface area contributed by atoms with E-state index < -0.39 is 0 Å². The second-order valence-corrected chi connectivity index (χ2v) is 4.00. The number of hydrogen-bond acceptors (Lipinski definition) is 3. The van der Waals surface area contributed by atoms with Crippen molar-refractivity contribution >= 4 is 0 Å². The maximum atomic E-state index is 5.80. The summed E-state index contributed by atoms with van der Waals surface area (Å²) in [4.78, 5) is 4.19. The van der Waals surface area contributed by atoms with Crippen molar-refractivity contribution in [2.45, 2.75) is 26.0 Å². The van der Waals surface area contributed by atoms with E-state index in [0.717, 1.165) is 26.1 Å². The Kier molecular flexibility index (Phi) is 3.38. The smallest absolute Gasteiger partial charge is 0.103 e. The summed E-state index contributed by atoms with van der Waals surface area (Å²) >= 11 is 0. The van der Waals surface area contributed by atoms with Crippen molar-refractivity contribution in [1.82, 2.24) is 14.9 Å². The molecule has 0 saturated carbocycles. The van der Waals surface area contributed by atoms with Gasteiger partial charge in [0.1, 0.15) is 6.10 Å². The van der Waals surface area contributed by atoms with Gasteiger partial charge in [-0.3, -0.25) is 0 Å². The van der Waals surface area contributed by atoms with Crippen molar-refractivity contribution in [3.8, 4) is 0 Å². The van der Waals surface area contributed by atoms with Gasteiger partial charge in [0.2, 0.25) is 0 Å². The van der Waals surface area contributed by atoms with Gasteiger partial charge in [0.15, 0.2) is 0 Å². The lowest BCUT2D eigenvalue weighted by molar-refractivity contribution is 0.0845. The fraction of sp³-hybridized carbons (Fsp3) is 0.727. The average Bonchev–Trinajstić information content (AvgIpc) is 2.84. The van der Waals surface area contributed by atoms with E-state index in [2.05, 4.69) is 21.8 Å². The van der Waals surface area contributed by atoms with Crippen molar-refractivity contribution in [3.05, 3.63) is 18.2 Å². The van der Waals surface area contributed by atoms with Crippen LogP contribution in [0.3, 0.4) is 0 Å². The molecular formula is C11H19N3O. The molecule has 2 atom stereocenters. The summed E-state index contributed by atoms with van der Waals surface area (Å²) in [7, 11) is 1.99. The standard InChI is InChI=1S/C11H19N3O/c1-3-14-8-13-7-10(14)11-9(6-12-2)4-5-15-11/h7-9,11-12H,3-6H2,1-2H3. The number of aromatic nitrogens is 2. The minimum absolute atomic E-state index is 0.222. The number of nitrogens with zero attached hydrogens (tertiary/aromatic N) is 2. The number of imidazole rings is 1. The third-order valence-corrected chi connectivity index (χ3v) is 3.06. The zero-order valence-electron chi connectivity index (χ0n) is 9.44. The molecule has 1 N–H and O–H groups in total. The summed E-state index contributed by atoms with van der Waals surface area (Å²) in [6.07, 6.45) is 5.18. The van der Waals surface area contributed by atoms with Gasteiger partial charge in [0.05, 0.1) is 18.2 Å². The van der Waals surface area contributed by atoms with Gasteiger partial charge in [0, 0.05) is 25.6 Å². The molecule has 0 amide bonds. The van der Waals surface area contributed by atoms with Crippen LogP contribution in [0.4, 0.5) is 0 Å². The predicted molar refractivity (Wildman–Crippen MR) is 58.6 cm³/mol. The van der Waals surface area contributed by atoms with Crippen LogP contribution >= 0.6 is 0 Å². The zero-order valence-corrected chi connectivity index (χ0v) is 9.44. The molecule has 0 radical (unpaired) electrons. The van der Waals surface area contributed by atoms with E-state index in [1.165, 1.54) is 5.69 Å². The van der Waals surface area contributed by atoms with Gasteiger partial charge < -0.3 is 14.6 Å². The molecule has 84 valence electrons. The van der Waals surface area contributed by atoms with E-state index in [-0.39, 0.29) is 6.10 Å². The van der Waals surface area contributed by atoms with Gasteiger partial charge in [-0.2, -0.15) is 0 Å². The molecule has 1 aliphatic rings. The van der Waals surface area contributed by atoms with Crippen molar-refractivity contribution in [3.63, 3.8) is 0 Å². The number of aryl methyl sites for hydroxylation is 1.